The van der Waals surface area contributed by atoms with E-state index in [1.807, 2.05) is 0 Å². The molecule has 0 aromatic heterocycles. The van der Waals surface area contributed by atoms with Gasteiger partial charge in [0.25, 0.3) is 0 Å². The summed E-state index contributed by atoms with van der Waals surface area (Å²) in [4.78, 5) is 0. The molecule has 0 saturated carbocycles. The number of rotatable bonds is 3. The third-order valence-corrected chi connectivity index (χ3v) is 8.07. The summed E-state index contributed by atoms with van der Waals surface area (Å²) < 4.78 is 24.0. The molecule has 0 radical (unpaired) electrons. The van der Waals surface area contributed by atoms with Crippen LogP contribution in [0.15, 0.2) is 0 Å². The summed E-state index contributed by atoms with van der Waals surface area (Å²) in [5, 5.41) is 9.25. The number of hydrogen-bond donors (Lipinski definition) is 1. The van der Waals surface area contributed by atoms with Crippen molar-refractivity contribution in [2.45, 2.75) is 63.9 Å². The van der Waals surface area contributed by atoms with Crippen LogP contribution in [0.4, 0.5) is 4.39 Å². The van der Waals surface area contributed by atoms with E-state index >= 15 is 0 Å². The number of aliphatic hydroxyl groups excluding tert-OH is 1. The van der Waals surface area contributed by atoms with E-state index in [2.05, 4.69) is 33.9 Å². The minimum atomic E-state index is -1.80. The summed E-state index contributed by atoms with van der Waals surface area (Å²) in [7, 11) is -1.80. The molecule has 0 aliphatic carbocycles. The number of alkyl halides is 1. The highest BCUT2D eigenvalue weighted by Crippen LogP contribution is 2.37. The van der Waals surface area contributed by atoms with Crippen LogP contribution in [-0.4, -0.2) is 38.6 Å². The van der Waals surface area contributed by atoms with Crippen LogP contribution >= 0.6 is 0 Å². The molecule has 1 N–H and O–H groups in total. The zero-order chi connectivity index (χ0) is 12.6. The van der Waals surface area contributed by atoms with Crippen molar-refractivity contribution < 1.29 is 18.7 Å². The second-order valence-corrected chi connectivity index (χ2v) is 10.8. The number of aliphatic hydroxyl groups is 1. The van der Waals surface area contributed by atoms with E-state index in [0.717, 1.165) is 0 Å². The van der Waals surface area contributed by atoms with Crippen molar-refractivity contribution in [3.05, 3.63) is 0 Å². The first-order chi connectivity index (χ1) is 7.13. The highest BCUT2D eigenvalue weighted by Gasteiger charge is 2.40. The van der Waals surface area contributed by atoms with E-state index in [1.54, 1.807) is 0 Å². The van der Waals surface area contributed by atoms with Crippen LogP contribution < -0.4 is 0 Å². The Morgan fingerprint density at radius 1 is 1.44 bits per heavy atom. The molecule has 1 saturated heterocycles. The van der Waals surface area contributed by atoms with Gasteiger partial charge < -0.3 is 14.3 Å². The molecule has 1 unspecified atom stereocenters. The average molecular weight is 250 g/mol. The third kappa shape index (κ3) is 3.26. The normalized spacial score (nSPS) is 32.1. The van der Waals surface area contributed by atoms with Crippen LogP contribution in [0.1, 0.15) is 27.2 Å². The lowest BCUT2D eigenvalue weighted by Gasteiger charge is -2.36. The zero-order valence-corrected chi connectivity index (χ0v) is 11.8. The first kappa shape index (κ1) is 14.1. The Morgan fingerprint density at radius 3 is 2.38 bits per heavy atom. The summed E-state index contributed by atoms with van der Waals surface area (Å²) in [6, 6.07) is 0. The van der Waals surface area contributed by atoms with Gasteiger partial charge >= 0.3 is 0 Å². The Morgan fingerprint density at radius 2 is 2.00 bits per heavy atom. The Hall–Kier alpha value is 0.0269. The summed E-state index contributed by atoms with van der Waals surface area (Å²) in [5.74, 6) is 0. The largest absolute Gasteiger partial charge is 0.414 e. The fourth-order valence-electron chi connectivity index (χ4n) is 1.33. The van der Waals surface area contributed by atoms with E-state index in [9.17, 15) is 4.39 Å². The van der Waals surface area contributed by atoms with Gasteiger partial charge in [0.2, 0.25) is 0 Å². The molecule has 16 heavy (non-hydrogen) atoms. The molecule has 96 valence electrons. The first-order valence-electron chi connectivity index (χ1n) is 5.75. The summed E-state index contributed by atoms with van der Waals surface area (Å²) in [6.45, 7) is 11.1. The molecule has 5 heteroatoms. The topological polar surface area (TPSA) is 38.7 Å². The molecule has 1 heterocycles. The van der Waals surface area contributed by atoms with Gasteiger partial charge in [-0.1, -0.05) is 20.8 Å². The smallest absolute Gasteiger partial charge is 0.192 e. The quantitative estimate of drug-likeness (QED) is 0.782. The second-order valence-electron chi connectivity index (χ2n) is 5.97. The molecule has 0 aromatic carbocycles. The van der Waals surface area contributed by atoms with Crippen LogP contribution in [0.25, 0.3) is 0 Å². The maximum atomic E-state index is 13.0. The predicted octanol–water partition coefficient (Wildman–Crippen LogP) is 2.45. The fraction of sp³-hybridized carbons (Fsp3) is 1.00. The van der Waals surface area contributed by atoms with Crippen molar-refractivity contribution in [2.75, 3.05) is 6.61 Å². The monoisotopic (exact) mass is 250 g/mol. The van der Waals surface area contributed by atoms with E-state index in [4.69, 9.17) is 14.3 Å². The number of halogens is 1. The highest BCUT2D eigenvalue weighted by atomic mass is 28.4. The van der Waals surface area contributed by atoms with E-state index in [0.29, 0.717) is 6.61 Å². The van der Waals surface area contributed by atoms with Crippen molar-refractivity contribution in [2.24, 2.45) is 0 Å². The third-order valence-electron chi connectivity index (χ3n) is 3.57. The minimum absolute atomic E-state index is 0.138. The van der Waals surface area contributed by atoms with Crippen molar-refractivity contribution in [3.63, 3.8) is 0 Å². The lowest BCUT2D eigenvalue weighted by molar-refractivity contribution is -0.118. The van der Waals surface area contributed by atoms with Gasteiger partial charge in [-0.3, -0.25) is 0 Å². The summed E-state index contributed by atoms with van der Waals surface area (Å²) in [5.41, 5.74) is 0. The molecular weight excluding hydrogens is 227 g/mol. The second kappa shape index (κ2) is 4.72. The van der Waals surface area contributed by atoms with Gasteiger partial charge in [0.15, 0.2) is 20.8 Å². The molecular formula is C11H23FO3Si. The van der Waals surface area contributed by atoms with Crippen LogP contribution in [0.2, 0.25) is 18.1 Å². The maximum absolute atomic E-state index is 13.0. The van der Waals surface area contributed by atoms with Gasteiger partial charge in [0.1, 0.15) is 0 Å². The van der Waals surface area contributed by atoms with Gasteiger partial charge in [-0.25, -0.2) is 4.39 Å². The van der Waals surface area contributed by atoms with Crippen LogP contribution in [0.5, 0.6) is 0 Å². The van der Waals surface area contributed by atoms with Gasteiger partial charge in [0, 0.05) is 6.42 Å². The SMILES string of the molecule is CC(C)(C)[Si](C)(C)OC[C@@H]1C[C@H](F)C(O)O1. The lowest BCUT2D eigenvalue weighted by atomic mass is 10.2. The molecule has 1 aliphatic rings. The molecule has 0 aromatic rings. The summed E-state index contributed by atoms with van der Waals surface area (Å²) in [6.07, 6.45) is -2.62. The Kier molecular flexibility index (Phi) is 4.16. The Balaban J connectivity index is 2.41. The molecule has 1 fully saturated rings. The molecule has 0 spiro atoms. The van der Waals surface area contributed by atoms with Gasteiger partial charge in [-0.2, -0.15) is 0 Å². The number of hydrogen-bond acceptors (Lipinski definition) is 3. The van der Waals surface area contributed by atoms with Crippen LogP contribution in [0.3, 0.4) is 0 Å². The first-order valence-corrected chi connectivity index (χ1v) is 8.66. The van der Waals surface area contributed by atoms with E-state index in [1.165, 1.54) is 0 Å². The maximum Gasteiger partial charge on any atom is 0.192 e. The summed E-state index contributed by atoms with van der Waals surface area (Å²) >= 11 is 0. The van der Waals surface area contributed by atoms with Crippen molar-refractivity contribution in [1.29, 1.82) is 0 Å². The predicted molar refractivity (Wildman–Crippen MR) is 63.5 cm³/mol. The highest BCUT2D eigenvalue weighted by molar-refractivity contribution is 6.74. The average Bonchev–Trinajstić information content (AvgIpc) is 2.41. The van der Waals surface area contributed by atoms with E-state index in [-0.39, 0.29) is 17.6 Å². The zero-order valence-electron chi connectivity index (χ0n) is 10.8. The van der Waals surface area contributed by atoms with Gasteiger partial charge in [-0.05, 0) is 18.1 Å². The minimum Gasteiger partial charge on any atom is -0.414 e. The Labute approximate surface area is 98.1 Å². The van der Waals surface area contributed by atoms with Crippen molar-refractivity contribution in [3.8, 4) is 0 Å². The molecule has 0 amide bonds. The molecule has 3 nitrogen and oxygen atoms in total. The lowest BCUT2D eigenvalue weighted by Crippen LogP contribution is -2.42. The van der Waals surface area contributed by atoms with Gasteiger partial charge in [0.05, 0.1) is 12.7 Å². The molecule has 1 rings (SSSR count). The van der Waals surface area contributed by atoms with Gasteiger partial charge in [-0.15, -0.1) is 0 Å². The van der Waals surface area contributed by atoms with Crippen molar-refractivity contribution in [1.82, 2.24) is 0 Å². The molecule has 3 atom stereocenters. The molecule has 0 bridgehead atoms. The van der Waals surface area contributed by atoms with Crippen molar-refractivity contribution >= 4 is 8.32 Å². The van der Waals surface area contributed by atoms with Crippen LogP contribution in [-0.2, 0) is 9.16 Å². The molecule has 1 aliphatic heterocycles. The Bertz CT molecular complexity index is 230. The number of ether oxygens (including phenoxy) is 1. The van der Waals surface area contributed by atoms with Crippen LogP contribution in [0, 0.1) is 0 Å². The fourth-order valence-corrected chi connectivity index (χ4v) is 2.37. The standard InChI is InChI=1S/C11H23FO3Si/c1-11(2,3)16(4,5)14-7-8-6-9(12)10(13)15-8/h8-10,13H,6-7H2,1-5H3/t8-,9-,10?/m0/s1. The van der Waals surface area contributed by atoms with E-state index < -0.39 is 20.8 Å².